The lowest BCUT2D eigenvalue weighted by Gasteiger charge is -2.25. The Bertz CT molecular complexity index is 2000. The summed E-state index contributed by atoms with van der Waals surface area (Å²) in [4.78, 5) is 20.2. The SMILES string of the molecule is CCCCCCCCCc1ccc(-c2cnc(C(OC(c3ccc(CCCC)cc3)c3cnc(-c4ccc(CCCCCCCCC)cc4)cn3)c3ccc(CCCC)cc3)cn2)cc1. The van der Waals surface area contributed by atoms with Gasteiger partial charge in [-0.3, -0.25) is 19.9 Å². The molecule has 0 aliphatic carbocycles. The fraction of sp³-hybridized carbons (Fsp3) is 0.467. The second kappa shape index (κ2) is 28.1. The monoisotopic (exact) mass is 871 g/mol. The van der Waals surface area contributed by atoms with Crippen molar-refractivity contribution in [2.75, 3.05) is 0 Å². The first kappa shape index (κ1) is 49.4. The van der Waals surface area contributed by atoms with E-state index in [1.165, 1.54) is 138 Å². The number of aryl methyl sites for hydroxylation is 4. The van der Waals surface area contributed by atoms with E-state index < -0.39 is 12.2 Å². The minimum absolute atomic E-state index is 0.490. The van der Waals surface area contributed by atoms with E-state index >= 15 is 0 Å². The number of ether oxygens (including phenoxy) is 1. The van der Waals surface area contributed by atoms with Crippen molar-refractivity contribution in [3.8, 4) is 22.5 Å². The molecule has 2 atom stereocenters. The summed E-state index contributed by atoms with van der Waals surface area (Å²) in [6, 6.07) is 35.5. The summed E-state index contributed by atoms with van der Waals surface area (Å²) >= 11 is 0. The van der Waals surface area contributed by atoms with Crippen LogP contribution in [0, 0.1) is 0 Å². The largest absolute Gasteiger partial charge is 0.353 e. The molecule has 0 amide bonds. The van der Waals surface area contributed by atoms with Crippen molar-refractivity contribution in [2.45, 2.75) is 181 Å². The van der Waals surface area contributed by atoms with Crippen LogP contribution in [0.15, 0.2) is 122 Å². The lowest BCUT2D eigenvalue weighted by atomic mass is 9.99. The van der Waals surface area contributed by atoms with Gasteiger partial charge in [0.2, 0.25) is 0 Å². The van der Waals surface area contributed by atoms with E-state index in [1.54, 1.807) is 0 Å². The van der Waals surface area contributed by atoms with E-state index in [2.05, 4.69) is 125 Å². The maximum Gasteiger partial charge on any atom is 0.127 e. The van der Waals surface area contributed by atoms with E-state index in [1.807, 2.05) is 24.8 Å². The fourth-order valence-corrected chi connectivity index (χ4v) is 8.76. The van der Waals surface area contributed by atoms with E-state index in [0.29, 0.717) is 0 Å². The molecule has 5 nitrogen and oxygen atoms in total. The van der Waals surface area contributed by atoms with Gasteiger partial charge in [-0.2, -0.15) is 0 Å². The Kier molecular flexibility index (Phi) is 21.4. The summed E-state index contributed by atoms with van der Waals surface area (Å²) in [5.74, 6) is 0. The van der Waals surface area contributed by atoms with Crippen LogP contribution in [0.25, 0.3) is 22.5 Å². The Morgan fingerprint density at radius 2 is 0.631 bits per heavy atom. The van der Waals surface area contributed by atoms with E-state index in [0.717, 1.165) is 70.7 Å². The molecule has 5 heteroatoms. The number of rotatable bonds is 30. The molecule has 2 heterocycles. The van der Waals surface area contributed by atoms with Gasteiger partial charge in [0, 0.05) is 11.1 Å². The van der Waals surface area contributed by atoms with Crippen LogP contribution < -0.4 is 0 Å². The van der Waals surface area contributed by atoms with Gasteiger partial charge in [-0.15, -0.1) is 0 Å². The molecule has 0 aliphatic rings. The molecule has 344 valence electrons. The lowest BCUT2D eigenvalue weighted by Crippen LogP contribution is -2.16. The molecule has 65 heavy (non-hydrogen) atoms. The number of aromatic nitrogens is 4. The average Bonchev–Trinajstić information content (AvgIpc) is 3.36. The van der Waals surface area contributed by atoms with Gasteiger partial charge in [0.15, 0.2) is 0 Å². The Balaban J connectivity index is 1.22. The maximum absolute atomic E-state index is 7.30. The zero-order valence-corrected chi connectivity index (χ0v) is 40.5. The summed E-state index contributed by atoms with van der Waals surface area (Å²) < 4.78 is 7.30. The summed E-state index contributed by atoms with van der Waals surface area (Å²) in [5, 5.41) is 0. The van der Waals surface area contributed by atoms with Crippen LogP contribution in [0.4, 0.5) is 0 Å². The first-order valence-electron chi connectivity index (χ1n) is 25.7. The molecule has 0 N–H and O–H groups in total. The highest BCUT2D eigenvalue weighted by atomic mass is 16.5. The Labute approximate surface area is 393 Å². The van der Waals surface area contributed by atoms with Crippen molar-refractivity contribution < 1.29 is 4.74 Å². The molecule has 0 radical (unpaired) electrons. The molecule has 0 fully saturated rings. The highest BCUT2D eigenvalue weighted by molar-refractivity contribution is 5.59. The van der Waals surface area contributed by atoms with E-state index in [-0.39, 0.29) is 0 Å². The third kappa shape index (κ3) is 16.1. The first-order valence-corrected chi connectivity index (χ1v) is 25.7. The Morgan fingerprint density at radius 1 is 0.323 bits per heavy atom. The molecule has 4 aromatic carbocycles. The number of unbranched alkanes of at least 4 members (excludes halogenated alkanes) is 14. The van der Waals surface area contributed by atoms with Crippen LogP contribution in [0.1, 0.15) is 200 Å². The summed E-state index contributed by atoms with van der Waals surface area (Å²) in [5.41, 5.74) is 12.9. The molecular weight excluding hydrogens is 793 g/mol. The highest BCUT2D eigenvalue weighted by Gasteiger charge is 2.26. The van der Waals surface area contributed by atoms with Crippen LogP contribution in [0.5, 0.6) is 0 Å². The van der Waals surface area contributed by atoms with E-state index in [4.69, 9.17) is 24.7 Å². The van der Waals surface area contributed by atoms with Gasteiger partial charge in [0.25, 0.3) is 0 Å². The Hall–Kier alpha value is -5.00. The number of nitrogens with zero attached hydrogens (tertiary/aromatic N) is 4. The van der Waals surface area contributed by atoms with Crippen LogP contribution in [0.2, 0.25) is 0 Å². The second-order valence-corrected chi connectivity index (χ2v) is 18.4. The van der Waals surface area contributed by atoms with Crippen LogP contribution in [0.3, 0.4) is 0 Å². The van der Waals surface area contributed by atoms with Gasteiger partial charge in [-0.05, 0) is 84.7 Å². The van der Waals surface area contributed by atoms with Gasteiger partial charge in [0.1, 0.15) is 12.2 Å². The predicted octanol–water partition coefficient (Wildman–Crippen LogP) is 16.8. The average molecular weight is 871 g/mol. The van der Waals surface area contributed by atoms with Crippen molar-refractivity contribution >= 4 is 0 Å². The van der Waals surface area contributed by atoms with Gasteiger partial charge in [-0.25, -0.2) is 0 Å². The quantitative estimate of drug-likeness (QED) is 0.0422. The molecule has 0 saturated carbocycles. The molecular formula is C60H78N4O. The van der Waals surface area contributed by atoms with Crippen LogP contribution in [-0.2, 0) is 30.4 Å². The van der Waals surface area contributed by atoms with Crippen molar-refractivity contribution in [3.05, 3.63) is 167 Å². The topological polar surface area (TPSA) is 60.8 Å². The molecule has 6 rings (SSSR count). The van der Waals surface area contributed by atoms with Crippen molar-refractivity contribution in [2.24, 2.45) is 0 Å². The number of hydrogen-bond donors (Lipinski definition) is 0. The molecule has 0 saturated heterocycles. The van der Waals surface area contributed by atoms with Gasteiger partial charge >= 0.3 is 0 Å². The zero-order chi connectivity index (χ0) is 45.3. The smallest absolute Gasteiger partial charge is 0.127 e. The predicted molar refractivity (Wildman–Crippen MR) is 273 cm³/mol. The Morgan fingerprint density at radius 3 is 0.954 bits per heavy atom. The molecule has 2 aromatic heterocycles. The molecule has 0 spiro atoms. The van der Waals surface area contributed by atoms with Crippen LogP contribution in [-0.4, -0.2) is 19.9 Å². The van der Waals surface area contributed by atoms with Crippen molar-refractivity contribution in [1.29, 1.82) is 0 Å². The summed E-state index contributed by atoms with van der Waals surface area (Å²) in [6.45, 7) is 9.04. The fourth-order valence-electron chi connectivity index (χ4n) is 8.76. The minimum atomic E-state index is -0.490. The summed E-state index contributed by atoms with van der Waals surface area (Å²) in [6.07, 6.45) is 34.2. The van der Waals surface area contributed by atoms with Crippen molar-refractivity contribution in [3.63, 3.8) is 0 Å². The van der Waals surface area contributed by atoms with Gasteiger partial charge in [0.05, 0.1) is 47.6 Å². The van der Waals surface area contributed by atoms with Crippen molar-refractivity contribution in [1.82, 2.24) is 19.9 Å². The molecule has 2 unspecified atom stereocenters. The standard InChI is InChI=1S/C60H78N4O/c1-5-9-13-15-17-19-21-25-49-27-35-51(36-28-49)55-43-63-57(45-61-55)59(53-39-31-47(32-40-53)23-11-7-3)65-60(54-41-33-48(34-42-54)24-12-8-4)58-46-62-56(44-64-58)52-37-29-50(30-38-52)26-22-20-18-16-14-10-6-2/h27-46,59-60H,5-26H2,1-4H3. The van der Waals surface area contributed by atoms with Gasteiger partial charge < -0.3 is 4.74 Å². The maximum atomic E-state index is 7.30. The third-order valence-corrected chi connectivity index (χ3v) is 13.0. The van der Waals surface area contributed by atoms with Crippen LogP contribution >= 0.6 is 0 Å². The second-order valence-electron chi connectivity index (χ2n) is 18.4. The normalized spacial score (nSPS) is 12.4. The van der Waals surface area contributed by atoms with E-state index in [9.17, 15) is 0 Å². The lowest BCUT2D eigenvalue weighted by molar-refractivity contribution is 0.0258. The molecule has 6 aromatic rings. The first-order chi connectivity index (χ1) is 32.1. The summed E-state index contributed by atoms with van der Waals surface area (Å²) in [7, 11) is 0. The number of hydrogen-bond acceptors (Lipinski definition) is 5. The molecule has 0 bridgehead atoms. The molecule has 0 aliphatic heterocycles. The highest BCUT2D eigenvalue weighted by Crippen LogP contribution is 2.36. The zero-order valence-electron chi connectivity index (χ0n) is 40.5. The van der Waals surface area contributed by atoms with Gasteiger partial charge in [-0.1, -0.05) is 215 Å². The third-order valence-electron chi connectivity index (χ3n) is 13.0. The minimum Gasteiger partial charge on any atom is -0.353 e. The number of benzene rings is 4.